The Morgan fingerprint density at radius 2 is 1.88 bits per heavy atom. The smallest absolute Gasteiger partial charge is 0.238 e. The third-order valence-corrected chi connectivity index (χ3v) is 9.00. The van der Waals surface area contributed by atoms with Crippen molar-refractivity contribution in [2.24, 2.45) is 10.6 Å². The lowest BCUT2D eigenvalue weighted by Gasteiger charge is -2.53. The van der Waals surface area contributed by atoms with Gasteiger partial charge in [0.05, 0.1) is 11.1 Å². The Labute approximate surface area is 198 Å². The number of carbonyl (C=O) groups is 1. The van der Waals surface area contributed by atoms with E-state index in [0.717, 1.165) is 34.7 Å². The molecule has 166 valence electrons. The second-order valence-electron chi connectivity index (χ2n) is 8.39. The van der Waals surface area contributed by atoms with Gasteiger partial charge in [-0.1, -0.05) is 53.3 Å². The predicted molar refractivity (Wildman–Crippen MR) is 131 cm³/mol. The van der Waals surface area contributed by atoms with Gasteiger partial charge in [-0.25, -0.2) is 14.3 Å². The number of amides is 1. The molecular formula is C23H23ClN4O2S2. The Kier molecular flexibility index (Phi) is 5.57. The highest BCUT2D eigenvalue weighted by atomic mass is 35.5. The number of carbonyl (C=O) groups excluding carboxylic acids is 1. The summed E-state index contributed by atoms with van der Waals surface area (Å²) in [4.78, 5) is 21.9. The van der Waals surface area contributed by atoms with Crippen LogP contribution in [0.15, 0.2) is 52.7 Å². The highest BCUT2D eigenvalue weighted by Gasteiger charge is 2.53. The molecule has 2 aliphatic rings. The lowest BCUT2D eigenvalue weighted by molar-refractivity contribution is -0.132. The number of hydrogen-bond donors (Lipinski definition) is 1. The first-order valence-electron chi connectivity index (χ1n) is 10.4. The van der Waals surface area contributed by atoms with Crippen LogP contribution in [0.4, 0.5) is 10.8 Å². The summed E-state index contributed by atoms with van der Waals surface area (Å²) in [7, 11) is -1.59. The van der Waals surface area contributed by atoms with Crippen molar-refractivity contribution >= 4 is 50.6 Å². The quantitative estimate of drug-likeness (QED) is 0.593. The SMILES string of the molecule is Cc1nc(N2CCCC3(CN(c4ccc(-c5ccccc5Cl)cc4)C3)C2=O)sc1S(N)=O. The molecule has 2 aromatic carbocycles. The minimum absolute atomic E-state index is 0.107. The van der Waals surface area contributed by atoms with Gasteiger partial charge in [-0.15, -0.1) is 0 Å². The minimum Gasteiger partial charge on any atom is -0.369 e. The van der Waals surface area contributed by atoms with E-state index in [0.29, 0.717) is 34.7 Å². The number of nitrogens with two attached hydrogens (primary N) is 1. The first-order valence-corrected chi connectivity index (χ1v) is 12.8. The normalized spacial score (nSPS) is 18.7. The predicted octanol–water partition coefficient (Wildman–Crippen LogP) is 4.39. The maximum Gasteiger partial charge on any atom is 0.238 e. The molecule has 3 aromatic rings. The number of thiazole rings is 1. The Morgan fingerprint density at radius 3 is 2.53 bits per heavy atom. The fraction of sp³-hybridized carbons (Fsp3) is 0.304. The van der Waals surface area contributed by atoms with Crippen molar-refractivity contribution in [2.75, 3.05) is 29.4 Å². The summed E-state index contributed by atoms with van der Waals surface area (Å²) in [5.41, 5.74) is 3.42. The molecule has 9 heteroatoms. The zero-order valence-electron chi connectivity index (χ0n) is 17.6. The molecule has 3 heterocycles. The zero-order valence-corrected chi connectivity index (χ0v) is 20.0. The molecule has 1 aromatic heterocycles. The van der Waals surface area contributed by atoms with Gasteiger partial charge in [0.25, 0.3) is 0 Å². The summed E-state index contributed by atoms with van der Waals surface area (Å²) >= 11 is 7.58. The summed E-state index contributed by atoms with van der Waals surface area (Å²) in [6.45, 7) is 3.79. The second kappa shape index (κ2) is 8.26. The largest absolute Gasteiger partial charge is 0.369 e. The van der Waals surface area contributed by atoms with Gasteiger partial charge in [-0.3, -0.25) is 9.69 Å². The molecule has 5 rings (SSSR count). The van der Waals surface area contributed by atoms with Crippen LogP contribution in [0.5, 0.6) is 0 Å². The summed E-state index contributed by atoms with van der Waals surface area (Å²) < 4.78 is 12.2. The minimum atomic E-state index is -1.59. The Morgan fingerprint density at radius 1 is 1.16 bits per heavy atom. The zero-order chi connectivity index (χ0) is 22.5. The number of rotatable bonds is 4. The molecule has 0 saturated carbocycles. The van der Waals surface area contributed by atoms with Gasteiger partial charge in [0.15, 0.2) is 5.13 Å². The first-order chi connectivity index (χ1) is 15.4. The van der Waals surface area contributed by atoms with Crippen LogP contribution >= 0.6 is 22.9 Å². The molecule has 2 fully saturated rings. The molecule has 1 unspecified atom stereocenters. The summed E-state index contributed by atoms with van der Waals surface area (Å²) in [6.07, 6.45) is 1.79. The Balaban J connectivity index is 1.31. The molecule has 1 amide bonds. The van der Waals surface area contributed by atoms with Crippen molar-refractivity contribution in [1.29, 1.82) is 0 Å². The van der Waals surface area contributed by atoms with Gasteiger partial charge in [0.2, 0.25) is 5.91 Å². The molecule has 1 atom stereocenters. The van der Waals surface area contributed by atoms with Gasteiger partial charge in [0, 0.05) is 35.9 Å². The number of anilines is 2. The highest BCUT2D eigenvalue weighted by Crippen LogP contribution is 2.44. The average Bonchev–Trinajstić information content (AvgIpc) is 3.15. The van der Waals surface area contributed by atoms with Crippen molar-refractivity contribution in [3.63, 3.8) is 0 Å². The van der Waals surface area contributed by atoms with Crippen molar-refractivity contribution in [3.05, 3.63) is 59.2 Å². The molecule has 2 N–H and O–H groups in total. The van der Waals surface area contributed by atoms with Gasteiger partial charge >= 0.3 is 0 Å². The van der Waals surface area contributed by atoms with Crippen LogP contribution in [-0.2, 0) is 15.8 Å². The Bertz CT molecular complexity index is 1200. The van der Waals surface area contributed by atoms with Crippen molar-refractivity contribution in [3.8, 4) is 11.1 Å². The van der Waals surface area contributed by atoms with E-state index in [1.807, 2.05) is 24.3 Å². The lowest BCUT2D eigenvalue weighted by atomic mass is 9.72. The van der Waals surface area contributed by atoms with Crippen LogP contribution < -0.4 is 14.9 Å². The average molecular weight is 487 g/mol. The standard InChI is InChI=1S/C23H23ClN4O2S2/c1-15-20(32(25)30)31-22(26-15)28-12-4-11-23(21(28)29)13-27(14-23)17-9-7-16(8-10-17)18-5-2-3-6-19(18)24/h2-3,5-10H,4,11-14,25H2,1H3. The third-order valence-electron chi connectivity index (χ3n) is 6.30. The van der Waals surface area contributed by atoms with Gasteiger partial charge in [0.1, 0.15) is 15.2 Å². The molecule has 32 heavy (non-hydrogen) atoms. The van der Waals surface area contributed by atoms with Crippen molar-refractivity contribution in [1.82, 2.24) is 4.98 Å². The summed E-state index contributed by atoms with van der Waals surface area (Å²) in [6, 6.07) is 16.1. The van der Waals surface area contributed by atoms with Crippen LogP contribution in [0.3, 0.4) is 0 Å². The fourth-order valence-corrected chi connectivity index (χ4v) is 6.59. The molecule has 0 aliphatic carbocycles. The van der Waals surface area contributed by atoms with E-state index in [1.165, 1.54) is 11.3 Å². The number of hydrogen-bond acceptors (Lipinski definition) is 5. The number of nitrogens with zero attached hydrogens (tertiary/aromatic N) is 3. The van der Waals surface area contributed by atoms with Crippen LogP contribution in [0, 0.1) is 12.3 Å². The Hall–Kier alpha value is -2.26. The highest BCUT2D eigenvalue weighted by molar-refractivity contribution is 7.85. The summed E-state index contributed by atoms with van der Waals surface area (Å²) in [5, 5.41) is 6.88. The monoisotopic (exact) mass is 486 g/mol. The number of aromatic nitrogens is 1. The number of halogens is 1. The molecule has 0 radical (unpaired) electrons. The van der Waals surface area contributed by atoms with Gasteiger partial charge < -0.3 is 4.90 Å². The molecule has 1 spiro atoms. The van der Waals surface area contributed by atoms with Gasteiger partial charge in [-0.05, 0) is 43.5 Å². The van der Waals surface area contributed by atoms with E-state index in [1.54, 1.807) is 11.8 Å². The first kappa shape index (κ1) is 21.6. The van der Waals surface area contributed by atoms with Crippen molar-refractivity contribution < 1.29 is 9.00 Å². The summed E-state index contributed by atoms with van der Waals surface area (Å²) in [5.74, 6) is 0.107. The van der Waals surface area contributed by atoms with E-state index >= 15 is 0 Å². The van der Waals surface area contributed by atoms with Crippen LogP contribution in [0.1, 0.15) is 18.5 Å². The number of aryl methyl sites for hydroxylation is 1. The van der Waals surface area contributed by atoms with E-state index < -0.39 is 11.0 Å². The van der Waals surface area contributed by atoms with E-state index in [4.69, 9.17) is 16.7 Å². The van der Waals surface area contributed by atoms with E-state index in [-0.39, 0.29) is 11.3 Å². The number of piperidine rings is 1. The fourth-order valence-electron chi connectivity index (χ4n) is 4.63. The maximum absolute atomic E-state index is 13.4. The lowest BCUT2D eigenvalue weighted by Crippen LogP contribution is -2.66. The molecule has 2 aliphatic heterocycles. The van der Waals surface area contributed by atoms with E-state index in [9.17, 15) is 9.00 Å². The molecule has 0 bridgehead atoms. The second-order valence-corrected chi connectivity index (χ2v) is 11.0. The maximum atomic E-state index is 13.4. The molecular weight excluding hydrogens is 464 g/mol. The van der Waals surface area contributed by atoms with Crippen LogP contribution in [0.25, 0.3) is 11.1 Å². The van der Waals surface area contributed by atoms with Crippen LogP contribution in [0.2, 0.25) is 5.02 Å². The third kappa shape index (κ3) is 3.65. The van der Waals surface area contributed by atoms with Crippen molar-refractivity contribution in [2.45, 2.75) is 24.0 Å². The van der Waals surface area contributed by atoms with E-state index in [2.05, 4.69) is 34.1 Å². The van der Waals surface area contributed by atoms with Crippen LogP contribution in [-0.4, -0.2) is 34.7 Å². The number of benzene rings is 2. The topological polar surface area (TPSA) is 79.5 Å². The molecule has 6 nitrogen and oxygen atoms in total. The van der Waals surface area contributed by atoms with Gasteiger partial charge in [-0.2, -0.15) is 0 Å². The molecule has 2 saturated heterocycles.